The topological polar surface area (TPSA) is 15.3 Å². The van der Waals surface area contributed by atoms with Crippen LogP contribution >= 0.6 is 15.9 Å². The second-order valence-corrected chi connectivity index (χ2v) is 7.08. The predicted octanol–water partition coefficient (Wildman–Crippen LogP) is 3.94. The molecule has 110 valence electrons. The Morgan fingerprint density at radius 2 is 1.90 bits per heavy atom. The molecule has 0 spiro atoms. The highest BCUT2D eigenvalue weighted by atomic mass is 79.9. The number of hydrogen-bond donors (Lipinski definition) is 1. The van der Waals surface area contributed by atoms with Gasteiger partial charge in [-0.05, 0) is 43.9 Å². The van der Waals surface area contributed by atoms with Gasteiger partial charge in [0, 0.05) is 29.1 Å². The number of rotatable bonds is 4. The molecule has 2 unspecified atom stereocenters. The molecule has 20 heavy (non-hydrogen) atoms. The molecule has 2 bridgehead atoms. The van der Waals surface area contributed by atoms with Crippen LogP contribution in [0.15, 0.2) is 28.7 Å². The van der Waals surface area contributed by atoms with Gasteiger partial charge in [-0.15, -0.1) is 0 Å². The quantitative estimate of drug-likeness (QED) is 0.895. The number of fused-ring (bicyclic) bond motifs is 2. The predicted molar refractivity (Wildman–Crippen MR) is 87.8 cm³/mol. The van der Waals surface area contributed by atoms with E-state index in [2.05, 4.69) is 57.3 Å². The maximum Gasteiger partial charge on any atom is 0.0250 e. The summed E-state index contributed by atoms with van der Waals surface area (Å²) in [5.41, 5.74) is 1.44. The van der Waals surface area contributed by atoms with Crippen molar-refractivity contribution in [3.63, 3.8) is 0 Å². The van der Waals surface area contributed by atoms with Crippen LogP contribution in [0.3, 0.4) is 0 Å². The van der Waals surface area contributed by atoms with Gasteiger partial charge in [-0.3, -0.25) is 4.90 Å². The molecule has 2 aliphatic rings. The zero-order chi connectivity index (χ0) is 13.9. The Morgan fingerprint density at radius 1 is 1.20 bits per heavy atom. The van der Waals surface area contributed by atoms with Crippen molar-refractivity contribution in [3.8, 4) is 0 Å². The molecule has 0 radical (unpaired) electrons. The molecule has 3 heteroatoms. The van der Waals surface area contributed by atoms with Crippen molar-refractivity contribution in [1.82, 2.24) is 10.2 Å². The first kappa shape index (κ1) is 14.6. The summed E-state index contributed by atoms with van der Waals surface area (Å²) in [5, 5.41) is 3.67. The summed E-state index contributed by atoms with van der Waals surface area (Å²) in [6.45, 7) is 4.44. The smallest absolute Gasteiger partial charge is 0.0250 e. The van der Waals surface area contributed by atoms with Crippen LogP contribution in [0.25, 0.3) is 0 Å². The highest BCUT2D eigenvalue weighted by Crippen LogP contribution is 2.36. The van der Waals surface area contributed by atoms with E-state index in [0.29, 0.717) is 0 Å². The van der Waals surface area contributed by atoms with Gasteiger partial charge >= 0.3 is 0 Å². The molecule has 1 aromatic rings. The summed E-state index contributed by atoms with van der Waals surface area (Å²) in [7, 11) is 0. The number of nitrogens with zero attached hydrogens (tertiary/aromatic N) is 1. The average Bonchev–Trinajstić information content (AvgIpc) is 2.42. The van der Waals surface area contributed by atoms with Gasteiger partial charge in [0.2, 0.25) is 0 Å². The van der Waals surface area contributed by atoms with Crippen molar-refractivity contribution < 1.29 is 0 Å². The SMILES string of the molecule is CCNC1CC2CCCC(C1)N2Cc1ccccc1Br. The van der Waals surface area contributed by atoms with Crippen LogP contribution in [0.4, 0.5) is 0 Å². The molecule has 0 aliphatic carbocycles. The van der Waals surface area contributed by atoms with Crippen molar-refractivity contribution in [2.75, 3.05) is 6.54 Å². The maximum absolute atomic E-state index is 3.70. The van der Waals surface area contributed by atoms with Crippen LogP contribution in [-0.4, -0.2) is 29.6 Å². The fourth-order valence-electron chi connectivity index (χ4n) is 4.02. The molecular formula is C17H25BrN2. The Bertz CT molecular complexity index is 434. The van der Waals surface area contributed by atoms with Crippen LogP contribution in [0, 0.1) is 0 Å². The molecular weight excluding hydrogens is 312 g/mol. The zero-order valence-corrected chi connectivity index (χ0v) is 13.9. The molecule has 2 saturated heterocycles. The van der Waals surface area contributed by atoms with Gasteiger partial charge < -0.3 is 5.32 Å². The Balaban J connectivity index is 1.72. The molecule has 1 aromatic carbocycles. The highest BCUT2D eigenvalue weighted by molar-refractivity contribution is 9.10. The van der Waals surface area contributed by atoms with Crippen molar-refractivity contribution in [1.29, 1.82) is 0 Å². The van der Waals surface area contributed by atoms with Crippen LogP contribution in [0.1, 0.15) is 44.6 Å². The van der Waals surface area contributed by atoms with E-state index in [1.54, 1.807) is 0 Å². The average molecular weight is 337 g/mol. The fourth-order valence-corrected chi connectivity index (χ4v) is 4.43. The van der Waals surface area contributed by atoms with Crippen LogP contribution in [0.2, 0.25) is 0 Å². The first-order valence-electron chi connectivity index (χ1n) is 8.00. The van der Waals surface area contributed by atoms with Crippen molar-refractivity contribution >= 4 is 15.9 Å². The number of piperidine rings is 2. The molecule has 1 N–H and O–H groups in total. The second-order valence-electron chi connectivity index (χ2n) is 6.23. The Morgan fingerprint density at radius 3 is 2.55 bits per heavy atom. The minimum absolute atomic E-state index is 0.741. The Labute approximate surface area is 131 Å². The standard InChI is InChI=1S/C17H25BrN2/c1-2-19-14-10-15-7-5-8-16(11-14)20(15)12-13-6-3-4-9-17(13)18/h3-4,6,9,14-16,19H,2,5,7-8,10-12H2,1H3. The van der Waals surface area contributed by atoms with E-state index >= 15 is 0 Å². The molecule has 2 fully saturated rings. The highest BCUT2D eigenvalue weighted by Gasteiger charge is 2.37. The van der Waals surface area contributed by atoms with Gasteiger partial charge in [0.05, 0.1) is 0 Å². The van der Waals surface area contributed by atoms with Gasteiger partial charge in [0.15, 0.2) is 0 Å². The maximum atomic E-state index is 3.70. The van der Waals surface area contributed by atoms with Gasteiger partial charge in [0.25, 0.3) is 0 Å². The third-order valence-electron chi connectivity index (χ3n) is 4.93. The number of nitrogens with one attached hydrogen (secondary N) is 1. The lowest BCUT2D eigenvalue weighted by Crippen LogP contribution is -2.55. The van der Waals surface area contributed by atoms with E-state index < -0.39 is 0 Å². The second kappa shape index (κ2) is 6.59. The lowest BCUT2D eigenvalue weighted by molar-refractivity contribution is 0.0178. The van der Waals surface area contributed by atoms with Crippen molar-refractivity contribution in [2.45, 2.75) is 63.7 Å². The zero-order valence-electron chi connectivity index (χ0n) is 12.3. The third kappa shape index (κ3) is 3.10. The summed E-state index contributed by atoms with van der Waals surface area (Å²) in [6, 6.07) is 11.0. The number of benzene rings is 1. The molecule has 2 heterocycles. The van der Waals surface area contributed by atoms with E-state index in [-0.39, 0.29) is 0 Å². The summed E-state index contributed by atoms with van der Waals surface area (Å²) in [4.78, 5) is 2.78. The van der Waals surface area contributed by atoms with E-state index in [1.807, 2.05) is 0 Å². The van der Waals surface area contributed by atoms with Crippen LogP contribution in [-0.2, 0) is 6.54 Å². The van der Waals surface area contributed by atoms with E-state index in [4.69, 9.17) is 0 Å². The monoisotopic (exact) mass is 336 g/mol. The molecule has 2 nitrogen and oxygen atoms in total. The lowest BCUT2D eigenvalue weighted by atomic mass is 9.81. The van der Waals surface area contributed by atoms with Gasteiger partial charge in [-0.25, -0.2) is 0 Å². The molecule has 2 aliphatic heterocycles. The van der Waals surface area contributed by atoms with E-state index in [1.165, 1.54) is 42.1 Å². The largest absolute Gasteiger partial charge is 0.314 e. The van der Waals surface area contributed by atoms with Crippen LogP contribution in [0.5, 0.6) is 0 Å². The van der Waals surface area contributed by atoms with E-state index in [9.17, 15) is 0 Å². The molecule has 2 atom stereocenters. The Hall–Kier alpha value is -0.380. The Kier molecular flexibility index (Phi) is 4.79. The molecule has 3 rings (SSSR count). The number of hydrogen-bond acceptors (Lipinski definition) is 2. The summed E-state index contributed by atoms with van der Waals surface area (Å²) in [5.74, 6) is 0. The van der Waals surface area contributed by atoms with Crippen molar-refractivity contribution in [2.24, 2.45) is 0 Å². The van der Waals surface area contributed by atoms with Gasteiger partial charge in [-0.1, -0.05) is 47.5 Å². The minimum atomic E-state index is 0.741. The summed E-state index contributed by atoms with van der Waals surface area (Å²) < 4.78 is 1.26. The number of halogens is 1. The summed E-state index contributed by atoms with van der Waals surface area (Å²) >= 11 is 3.70. The van der Waals surface area contributed by atoms with Crippen LogP contribution < -0.4 is 5.32 Å². The van der Waals surface area contributed by atoms with E-state index in [0.717, 1.165) is 31.2 Å². The van der Waals surface area contributed by atoms with Gasteiger partial charge in [0.1, 0.15) is 0 Å². The lowest BCUT2D eigenvalue weighted by Gasteiger charge is -2.49. The minimum Gasteiger partial charge on any atom is -0.314 e. The molecule has 0 aromatic heterocycles. The summed E-state index contributed by atoms with van der Waals surface area (Å²) in [6.07, 6.45) is 6.83. The first-order chi connectivity index (χ1) is 9.78. The molecule has 0 saturated carbocycles. The third-order valence-corrected chi connectivity index (χ3v) is 5.70. The van der Waals surface area contributed by atoms with Crippen molar-refractivity contribution in [3.05, 3.63) is 34.3 Å². The molecule has 0 amide bonds. The fraction of sp³-hybridized carbons (Fsp3) is 0.647. The normalized spacial score (nSPS) is 30.4. The van der Waals surface area contributed by atoms with Gasteiger partial charge in [-0.2, -0.15) is 0 Å². The first-order valence-corrected chi connectivity index (χ1v) is 8.79.